The van der Waals surface area contributed by atoms with Crippen LogP contribution in [0.1, 0.15) is 35.7 Å². The van der Waals surface area contributed by atoms with Crippen molar-refractivity contribution >= 4 is 17.5 Å². The predicted octanol–water partition coefficient (Wildman–Crippen LogP) is 3.74. The van der Waals surface area contributed by atoms with Crippen LogP contribution in [0, 0.1) is 11.3 Å². The van der Waals surface area contributed by atoms with Crippen LogP contribution < -0.4 is 20.1 Å². The van der Waals surface area contributed by atoms with Crippen LogP contribution in [0.4, 0.5) is 11.6 Å². The molecule has 5 rings (SSSR count). The fourth-order valence-electron chi connectivity index (χ4n) is 4.44. The number of rotatable bonds is 10. The smallest absolute Gasteiger partial charge is 0.251 e. The Morgan fingerprint density at radius 2 is 1.95 bits per heavy atom. The van der Waals surface area contributed by atoms with Crippen LogP contribution in [-0.4, -0.2) is 63.1 Å². The van der Waals surface area contributed by atoms with Gasteiger partial charge in [-0.2, -0.15) is 10.4 Å². The van der Waals surface area contributed by atoms with Gasteiger partial charge in [0.25, 0.3) is 5.91 Å². The number of ether oxygens (including phenoxy) is 3. The normalized spacial score (nSPS) is 14.1. The van der Waals surface area contributed by atoms with E-state index in [-0.39, 0.29) is 18.1 Å². The lowest BCUT2D eigenvalue weighted by Gasteiger charge is -2.23. The van der Waals surface area contributed by atoms with Crippen LogP contribution in [0.3, 0.4) is 0 Å². The first kappa shape index (κ1) is 27.5. The molecule has 1 aliphatic heterocycles. The summed E-state index contributed by atoms with van der Waals surface area (Å²) in [7, 11) is 1.54. The van der Waals surface area contributed by atoms with E-state index in [1.165, 1.54) is 6.33 Å². The van der Waals surface area contributed by atoms with Gasteiger partial charge in [0, 0.05) is 42.8 Å². The molecule has 0 spiro atoms. The summed E-state index contributed by atoms with van der Waals surface area (Å²) in [6.45, 7) is 3.70. The topological polar surface area (TPSA) is 149 Å². The summed E-state index contributed by atoms with van der Waals surface area (Å²) in [6, 6.07) is 12.8. The van der Waals surface area contributed by atoms with Gasteiger partial charge in [-0.1, -0.05) is 6.07 Å². The minimum absolute atomic E-state index is 0.105. The fraction of sp³-hybridized carbons (Fsp3) is 0.310. The Kier molecular flexibility index (Phi) is 8.66. The lowest BCUT2D eigenvalue weighted by atomic mass is 10.1. The van der Waals surface area contributed by atoms with E-state index in [9.17, 15) is 10.1 Å². The Balaban J connectivity index is 1.26. The van der Waals surface area contributed by atoms with Gasteiger partial charge in [0.15, 0.2) is 0 Å². The molecular weight excluding hydrogens is 524 g/mol. The first-order chi connectivity index (χ1) is 20.0. The maximum atomic E-state index is 12.7. The van der Waals surface area contributed by atoms with E-state index in [2.05, 4.69) is 36.8 Å². The lowest BCUT2D eigenvalue weighted by molar-refractivity contribution is 0.0696. The molecule has 1 saturated heterocycles. The van der Waals surface area contributed by atoms with E-state index in [0.717, 1.165) is 24.0 Å². The summed E-state index contributed by atoms with van der Waals surface area (Å²) >= 11 is 0. The quantitative estimate of drug-likeness (QED) is 0.297. The van der Waals surface area contributed by atoms with Crippen molar-refractivity contribution in [3.63, 3.8) is 0 Å². The van der Waals surface area contributed by atoms with Gasteiger partial charge in [0.1, 0.15) is 36.3 Å². The van der Waals surface area contributed by atoms with E-state index >= 15 is 0 Å². The number of anilines is 2. The standard InChI is InChI=1S/C29H30N8O4/c1-19(16-37-18-31-17-34-37)41-26-11-20(3-4-22(26)13-30)23-14-32-29(33-15-23)36-25-6-5-21(12-27(25)39-2)28(38)35-24-7-9-40-10-8-24/h3-6,11-12,14-15,17-19,24H,7-10,16H2,1-2H3,(H,35,38)(H,32,33,36)/t19-/m0/s1. The molecule has 4 aromatic rings. The van der Waals surface area contributed by atoms with Gasteiger partial charge in [-0.05, 0) is 55.7 Å². The number of nitriles is 1. The van der Waals surface area contributed by atoms with Gasteiger partial charge in [-0.3, -0.25) is 4.79 Å². The molecule has 12 nitrogen and oxygen atoms in total. The van der Waals surface area contributed by atoms with Crippen molar-refractivity contribution < 1.29 is 19.0 Å². The molecule has 2 aromatic heterocycles. The number of nitrogens with zero attached hydrogens (tertiary/aromatic N) is 6. The highest BCUT2D eigenvalue weighted by Gasteiger charge is 2.18. The number of amides is 1. The van der Waals surface area contributed by atoms with Crippen molar-refractivity contribution in [2.75, 3.05) is 25.6 Å². The molecule has 1 amide bonds. The highest BCUT2D eigenvalue weighted by Crippen LogP contribution is 2.30. The molecule has 2 aromatic carbocycles. The maximum absolute atomic E-state index is 12.7. The molecule has 0 unspecified atom stereocenters. The molecule has 12 heteroatoms. The first-order valence-corrected chi connectivity index (χ1v) is 13.2. The Bertz CT molecular complexity index is 1510. The monoisotopic (exact) mass is 554 g/mol. The minimum atomic E-state index is -0.240. The van der Waals surface area contributed by atoms with Crippen LogP contribution in [0.5, 0.6) is 11.5 Å². The van der Waals surface area contributed by atoms with Gasteiger partial charge in [-0.15, -0.1) is 0 Å². The van der Waals surface area contributed by atoms with Crippen molar-refractivity contribution in [3.05, 3.63) is 72.6 Å². The van der Waals surface area contributed by atoms with Crippen LogP contribution in [0.15, 0.2) is 61.4 Å². The van der Waals surface area contributed by atoms with Crippen LogP contribution in [0.2, 0.25) is 0 Å². The number of benzene rings is 2. The zero-order valence-corrected chi connectivity index (χ0v) is 22.8. The van der Waals surface area contributed by atoms with Gasteiger partial charge in [-0.25, -0.2) is 19.6 Å². The Labute approximate surface area is 237 Å². The molecule has 0 bridgehead atoms. The number of hydrogen-bond donors (Lipinski definition) is 2. The molecule has 0 saturated carbocycles. The number of aromatic nitrogens is 5. The SMILES string of the molecule is COc1cc(C(=O)NC2CCOCC2)ccc1Nc1ncc(-c2ccc(C#N)c(O[C@@H](C)Cn3cncn3)c2)cn1. The third-order valence-electron chi connectivity index (χ3n) is 6.59. The third-order valence-corrected chi connectivity index (χ3v) is 6.59. The van der Waals surface area contributed by atoms with Gasteiger partial charge in [0.05, 0.1) is 24.9 Å². The molecule has 0 aliphatic carbocycles. The average Bonchev–Trinajstić information content (AvgIpc) is 3.51. The molecule has 2 N–H and O–H groups in total. The minimum Gasteiger partial charge on any atom is -0.495 e. The molecular formula is C29H30N8O4. The van der Waals surface area contributed by atoms with Crippen molar-refractivity contribution in [2.45, 2.75) is 38.5 Å². The Hall–Kier alpha value is -5.02. The number of carbonyl (C=O) groups excluding carboxylic acids is 1. The number of hydrogen-bond acceptors (Lipinski definition) is 10. The highest BCUT2D eigenvalue weighted by molar-refractivity contribution is 5.95. The molecule has 210 valence electrons. The lowest BCUT2D eigenvalue weighted by Crippen LogP contribution is -2.38. The second-order valence-corrected chi connectivity index (χ2v) is 9.56. The maximum Gasteiger partial charge on any atom is 0.251 e. The Morgan fingerprint density at radius 3 is 2.66 bits per heavy atom. The Morgan fingerprint density at radius 1 is 1.15 bits per heavy atom. The molecule has 41 heavy (non-hydrogen) atoms. The van der Waals surface area contributed by atoms with Crippen molar-refractivity contribution in [1.82, 2.24) is 30.0 Å². The average molecular weight is 555 g/mol. The largest absolute Gasteiger partial charge is 0.495 e. The highest BCUT2D eigenvalue weighted by atomic mass is 16.5. The number of methoxy groups -OCH3 is 1. The van der Waals surface area contributed by atoms with E-state index in [1.54, 1.807) is 60.8 Å². The van der Waals surface area contributed by atoms with Gasteiger partial charge < -0.3 is 24.8 Å². The van der Waals surface area contributed by atoms with Crippen molar-refractivity contribution in [3.8, 4) is 28.7 Å². The predicted molar refractivity (Wildman–Crippen MR) is 150 cm³/mol. The van der Waals surface area contributed by atoms with Crippen LogP contribution in [0.25, 0.3) is 11.1 Å². The molecule has 1 atom stereocenters. The molecule has 1 aliphatic rings. The summed E-state index contributed by atoms with van der Waals surface area (Å²) < 4.78 is 18.6. The first-order valence-electron chi connectivity index (χ1n) is 13.2. The second-order valence-electron chi connectivity index (χ2n) is 9.56. The van der Waals surface area contributed by atoms with Crippen LogP contribution in [-0.2, 0) is 11.3 Å². The van der Waals surface area contributed by atoms with E-state index in [4.69, 9.17) is 14.2 Å². The zero-order chi connectivity index (χ0) is 28.6. The summed E-state index contributed by atoms with van der Waals surface area (Å²) in [6.07, 6.45) is 7.81. The van der Waals surface area contributed by atoms with Gasteiger partial charge >= 0.3 is 0 Å². The van der Waals surface area contributed by atoms with E-state index in [0.29, 0.717) is 54.0 Å². The molecule has 0 radical (unpaired) electrons. The van der Waals surface area contributed by atoms with E-state index in [1.807, 2.05) is 13.0 Å². The summed E-state index contributed by atoms with van der Waals surface area (Å²) in [5, 5.41) is 19.9. The summed E-state index contributed by atoms with van der Waals surface area (Å²) in [5.41, 5.74) is 3.11. The van der Waals surface area contributed by atoms with E-state index < -0.39 is 0 Å². The van der Waals surface area contributed by atoms with Crippen molar-refractivity contribution in [1.29, 1.82) is 5.26 Å². The van der Waals surface area contributed by atoms with Crippen molar-refractivity contribution in [2.24, 2.45) is 0 Å². The summed E-state index contributed by atoms with van der Waals surface area (Å²) in [5.74, 6) is 1.16. The second kappa shape index (κ2) is 12.9. The molecule has 1 fully saturated rings. The zero-order valence-electron chi connectivity index (χ0n) is 22.8. The third kappa shape index (κ3) is 6.95. The molecule has 3 heterocycles. The van der Waals surface area contributed by atoms with Gasteiger partial charge in [0.2, 0.25) is 5.95 Å². The summed E-state index contributed by atoms with van der Waals surface area (Å²) in [4.78, 5) is 25.6. The fourth-order valence-corrected chi connectivity index (χ4v) is 4.44. The van der Waals surface area contributed by atoms with Crippen LogP contribution >= 0.6 is 0 Å². The number of carbonyl (C=O) groups is 1. The number of nitrogens with one attached hydrogen (secondary N) is 2.